The van der Waals surface area contributed by atoms with Crippen molar-refractivity contribution in [2.24, 2.45) is 0 Å². The summed E-state index contributed by atoms with van der Waals surface area (Å²) in [5.41, 5.74) is 0. The van der Waals surface area contributed by atoms with E-state index in [2.05, 4.69) is 26.1 Å². The average molecular weight is 199 g/mol. The van der Waals surface area contributed by atoms with Crippen LogP contribution in [0.3, 0.4) is 0 Å². The normalized spacial score (nSPS) is 13.1. The van der Waals surface area contributed by atoms with Gasteiger partial charge in [-0.1, -0.05) is 52.4 Å². The highest BCUT2D eigenvalue weighted by atomic mass is 14.9. The van der Waals surface area contributed by atoms with E-state index in [-0.39, 0.29) is 0 Å². The van der Waals surface area contributed by atoms with Crippen LogP contribution >= 0.6 is 0 Å². The monoisotopic (exact) mass is 199 g/mol. The molecule has 0 aromatic rings. The minimum Gasteiger partial charge on any atom is -0.314 e. The minimum atomic E-state index is 0.725. The summed E-state index contributed by atoms with van der Waals surface area (Å²) < 4.78 is 0. The van der Waals surface area contributed by atoms with Crippen LogP contribution in [0.2, 0.25) is 0 Å². The fourth-order valence-corrected chi connectivity index (χ4v) is 1.68. The second-order valence-corrected chi connectivity index (χ2v) is 4.41. The van der Waals surface area contributed by atoms with Crippen LogP contribution in [-0.2, 0) is 0 Å². The fourth-order valence-electron chi connectivity index (χ4n) is 1.68. The Morgan fingerprint density at radius 2 is 1.50 bits per heavy atom. The Kier molecular flexibility index (Phi) is 11.0. The lowest BCUT2D eigenvalue weighted by Crippen LogP contribution is -2.26. The van der Waals surface area contributed by atoms with E-state index in [0.717, 1.165) is 6.04 Å². The standard InChI is InChI=1S/C13H29N/c1-4-6-8-9-10-11-13(3)14-12-7-5-2/h13-14H,4-12H2,1-3H3. The zero-order valence-electron chi connectivity index (χ0n) is 10.4. The lowest BCUT2D eigenvalue weighted by Gasteiger charge is -2.12. The van der Waals surface area contributed by atoms with Crippen molar-refractivity contribution in [3.63, 3.8) is 0 Å². The van der Waals surface area contributed by atoms with Crippen molar-refractivity contribution in [3.8, 4) is 0 Å². The Morgan fingerprint density at radius 1 is 0.857 bits per heavy atom. The lowest BCUT2D eigenvalue weighted by atomic mass is 10.1. The molecule has 1 atom stereocenters. The summed E-state index contributed by atoms with van der Waals surface area (Å²) in [6, 6.07) is 0.725. The number of nitrogens with one attached hydrogen (secondary N) is 1. The molecular formula is C13H29N. The Morgan fingerprint density at radius 3 is 2.14 bits per heavy atom. The molecule has 0 aromatic carbocycles. The number of rotatable bonds is 10. The van der Waals surface area contributed by atoms with Crippen LogP contribution in [-0.4, -0.2) is 12.6 Å². The first-order valence-electron chi connectivity index (χ1n) is 6.54. The van der Waals surface area contributed by atoms with Crippen molar-refractivity contribution in [2.45, 2.75) is 78.2 Å². The van der Waals surface area contributed by atoms with Crippen molar-refractivity contribution in [1.29, 1.82) is 0 Å². The van der Waals surface area contributed by atoms with Crippen molar-refractivity contribution >= 4 is 0 Å². The Bertz CT molecular complexity index is 101. The van der Waals surface area contributed by atoms with E-state index in [1.807, 2.05) is 0 Å². The second-order valence-electron chi connectivity index (χ2n) is 4.41. The zero-order valence-corrected chi connectivity index (χ0v) is 10.4. The first kappa shape index (κ1) is 14.0. The summed E-state index contributed by atoms with van der Waals surface area (Å²) in [4.78, 5) is 0. The van der Waals surface area contributed by atoms with Crippen LogP contribution in [0.25, 0.3) is 0 Å². The van der Waals surface area contributed by atoms with Gasteiger partial charge in [0.05, 0.1) is 0 Å². The summed E-state index contributed by atoms with van der Waals surface area (Å²) in [6.07, 6.45) is 11.0. The zero-order chi connectivity index (χ0) is 10.6. The van der Waals surface area contributed by atoms with Gasteiger partial charge in [0.1, 0.15) is 0 Å². The van der Waals surface area contributed by atoms with Crippen LogP contribution in [0.5, 0.6) is 0 Å². The summed E-state index contributed by atoms with van der Waals surface area (Å²) >= 11 is 0. The Labute approximate surface area is 90.7 Å². The molecule has 86 valence electrons. The largest absolute Gasteiger partial charge is 0.314 e. The number of hydrogen-bond donors (Lipinski definition) is 1. The average Bonchev–Trinajstić information content (AvgIpc) is 2.18. The van der Waals surface area contributed by atoms with E-state index in [1.54, 1.807) is 0 Å². The molecule has 0 saturated heterocycles. The smallest absolute Gasteiger partial charge is 0.00387 e. The van der Waals surface area contributed by atoms with Crippen LogP contribution < -0.4 is 5.32 Å². The maximum Gasteiger partial charge on any atom is 0.00387 e. The molecule has 0 rings (SSSR count). The highest BCUT2D eigenvalue weighted by Crippen LogP contribution is 2.06. The van der Waals surface area contributed by atoms with E-state index >= 15 is 0 Å². The molecule has 0 aliphatic heterocycles. The molecule has 1 nitrogen and oxygen atoms in total. The van der Waals surface area contributed by atoms with Gasteiger partial charge in [-0.25, -0.2) is 0 Å². The molecule has 0 aromatic heterocycles. The van der Waals surface area contributed by atoms with Gasteiger partial charge in [-0.3, -0.25) is 0 Å². The van der Waals surface area contributed by atoms with Gasteiger partial charge in [0.15, 0.2) is 0 Å². The first-order chi connectivity index (χ1) is 6.81. The van der Waals surface area contributed by atoms with Gasteiger partial charge in [-0.2, -0.15) is 0 Å². The van der Waals surface area contributed by atoms with E-state index in [9.17, 15) is 0 Å². The molecule has 0 spiro atoms. The predicted octanol–water partition coefficient (Wildman–Crippen LogP) is 4.13. The summed E-state index contributed by atoms with van der Waals surface area (Å²) in [5.74, 6) is 0. The minimum absolute atomic E-state index is 0.725. The third-order valence-corrected chi connectivity index (χ3v) is 2.76. The van der Waals surface area contributed by atoms with Gasteiger partial charge in [-0.05, 0) is 26.3 Å². The van der Waals surface area contributed by atoms with Crippen molar-refractivity contribution in [2.75, 3.05) is 6.54 Å². The molecule has 1 N–H and O–H groups in total. The van der Waals surface area contributed by atoms with E-state index in [1.165, 1.54) is 57.9 Å². The van der Waals surface area contributed by atoms with Crippen LogP contribution in [0, 0.1) is 0 Å². The van der Waals surface area contributed by atoms with E-state index in [4.69, 9.17) is 0 Å². The predicted molar refractivity (Wildman–Crippen MR) is 65.7 cm³/mol. The van der Waals surface area contributed by atoms with Crippen molar-refractivity contribution < 1.29 is 0 Å². The maximum atomic E-state index is 3.57. The van der Waals surface area contributed by atoms with Gasteiger partial charge in [0, 0.05) is 6.04 Å². The quantitative estimate of drug-likeness (QED) is 0.522. The molecule has 0 fully saturated rings. The molecule has 0 aliphatic rings. The maximum absolute atomic E-state index is 3.57. The van der Waals surface area contributed by atoms with Crippen LogP contribution in [0.4, 0.5) is 0 Å². The number of hydrogen-bond acceptors (Lipinski definition) is 1. The molecule has 0 aliphatic carbocycles. The molecule has 14 heavy (non-hydrogen) atoms. The SMILES string of the molecule is CCCCCCCC(C)NCCCC. The van der Waals surface area contributed by atoms with Crippen molar-refractivity contribution in [1.82, 2.24) is 5.32 Å². The molecule has 0 amide bonds. The lowest BCUT2D eigenvalue weighted by molar-refractivity contribution is 0.474. The van der Waals surface area contributed by atoms with Gasteiger partial charge in [0.25, 0.3) is 0 Å². The molecule has 1 heteroatoms. The third-order valence-electron chi connectivity index (χ3n) is 2.76. The van der Waals surface area contributed by atoms with Gasteiger partial charge in [0.2, 0.25) is 0 Å². The van der Waals surface area contributed by atoms with Crippen LogP contribution in [0.15, 0.2) is 0 Å². The van der Waals surface area contributed by atoms with Crippen molar-refractivity contribution in [3.05, 3.63) is 0 Å². The van der Waals surface area contributed by atoms with Gasteiger partial charge < -0.3 is 5.32 Å². The topological polar surface area (TPSA) is 12.0 Å². The molecule has 0 radical (unpaired) electrons. The first-order valence-corrected chi connectivity index (χ1v) is 6.54. The summed E-state index contributed by atoms with van der Waals surface area (Å²) in [5, 5.41) is 3.57. The highest BCUT2D eigenvalue weighted by Gasteiger charge is 1.99. The molecule has 0 bridgehead atoms. The summed E-state index contributed by atoms with van der Waals surface area (Å²) in [7, 11) is 0. The van der Waals surface area contributed by atoms with Gasteiger partial charge >= 0.3 is 0 Å². The Balaban J connectivity index is 3.06. The van der Waals surface area contributed by atoms with Crippen LogP contribution in [0.1, 0.15) is 72.1 Å². The summed E-state index contributed by atoms with van der Waals surface area (Å²) in [6.45, 7) is 8.04. The molecular weight excluding hydrogens is 170 g/mol. The third kappa shape index (κ3) is 10.0. The second kappa shape index (κ2) is 11.0. The van der Waals surface area contributed by atoms with E-state index in [0.29, 0.717) is 0 Å². The Hall–Kier alpha value is -0.0400. The molecule has 1 unspecified atom stereocenters. The molecule has 0 heterocycles. The fraction of sp³-hybridized carbons (Fsp3) is 1.00. The van der Waals surface area contributed by atoms with E-state index < -0.39 is 0 Å². The molecule has 0 saturated carbocycles. The highest BCUT2D eigenvalue weighted by molar-refractivity contribution is 4.60. The number of unbranched alkanes of at least 4 members (excludes halogenated alkanes) is 5. The van der Waals surface area contributed by atoms with Gasteiger partial charge in [-0.15, -0.1) is 0 Å².